The van der Waals surface area contributed by atoms with Crippen LogP contribution in [0, 0.1) is 23.2 Å². The van der Waals surface area contributed by atoms with E-state index in [4.69, 9.17) is 0 Å². The van der Waals surface area contributed by atoms with Crippen molar-refractivity contribution in [2.75, 3.05) is 6.54 Å². The maximum Gasteiger partial charge on any atom is 0.253 e. The predicted octanol–water partition coefficient (Wildman–Crippen LogP) is 3.23. The van der Waals surface area contributed by atoms with Gasteiger partial charge in [-0.2, -0.15) is 0 Å². The van der Waals surface area contributed by atoms with Gasteiger partial charge in [0.25, 0.3) is 5.56 Å². The topological polar surface area (TPSA) is 64.0 Å². The molecule has 1 N–H and O–H groups in total. The van der Waals surface area contributed by atoms with Gasteiger partial charge in [0.15, 0.2) is 0 Å². The molecule has 0 saturated heterocycles. The average molecular weight is 370 g/mol. The minimum atomic E-state index is -0.107. The molecule has 5 aliphatic carbocycles. The number of amides is 1. The average Bonchev–Trinajstić information content (AvgIpc) is 3.16. The van der Waals surface area contributed by atoms with Crippen LogP contribution < -0.4 is 10.9 Å². The first-order chi connectivity index (χ1) is 13.1. The molecule has 27 heavy (non-hydrogen) atoms. The second kappa shape index (κ2) is 6.75. The number of hydrogen-bond acceptors (Lipinski definition) is 3. The quantitative estimate of drug-likeness (QED) is 0.867. The molecule has 0 unspecified atom stereocenters. The van der Waals surface area contributed by atoms with Crippen LogP contribution in [0.2, 0.25) is 0 Å². The molecule has 0 radical (unpaired) electrons. The molecule has 1 aromatic rings. The third kappa shape index (κ3) is 3.23. The lowest BCUT2D eigenvalue weighted by Crippen LogP contribution is -2.54. The van der Waals surface area contributed by atoms with E-state index in [2.05, 4.69) is 10.3 Å². The summed E-state index contributed by atoms with van der Waals surface area (Å²) >= 11 is 0. The molecular formula is C22H31N3O2. The van der Waals surface area contributed by atoms with Crippen LogP contribution in [0.5, 0.6) is 0 Å². The Labute approximate surface area is 160 Å². The van der Waals surface area contributed by atoms with Crippen molar-refractivity contribution in [2.24, 2.45) is 23.2 Å². The Hall–Kier alpha value is -1.65. The molecule has 5 aliphatic rings. The van der Waals surface area contributed by atoms with Crippen LogP contribution >= 0.6 is 0 Å². The van der Waals surface area contributed by atoms with Gasteiger partial charge in [-0.25, -0.2) is 4.98 Å². The van der Waals surface area contributed by atoms with Crippen molar-refractivity contribution in [1.29, 1.82) is 0 Å². The SMILES string of the molecule is O=C(NCCn1cnc(C2CCCC2)cc1=O)C12CC3CC(CC(C3)C1)C2. The summed E-state index contributed by atoms with van der Waals surface area (Å²) in [4.78, 5) is 29.9. The number of carbonyl (C=O) groups excluding carboxylic acids is 1. The van der Waals surface area contributed by atoms with Gasteiger partial charge in [-0.05, 0) is 69.1 Å². The molecule has 0 atom stereocenters. The molecule has 4 bridgehead atoms. The highest BCUT2D eigenvalue weighted by atomic mass is 16.2. The maximum absolute atomic E-state index is 13.0. The van der Waals surface area contributed by atoms with Crippen LogP contribution in [-0.2, 0) is 11.3 Å². The van der Waals surface area contributed by atoms with E-state index in [1.165, 1.54) is 32.1 Å². The summed E-state index contributed by atoms with van der Waals surface area (Å²) in [6.45, 7) is 1.03. The number of nitrogens with zero attached hydrogens (tertiary/aromatic N) is 2. The molecule has 0 aliphatic heterocycles. The minimum absolute atomic E-state index is 0.0101. The Morgan fingerprint density at radius 3 is 2.33 bits per heavy atom. The van der Waals surface area contributed by atoms with Gasteiger partial charge in [-0.15, -0.1) is 0 Å². The molecule has 5 nitrogen and oxygen atoms in total. The Balaban J connectivity index is 1.19. The Bertz CT molecular complexity index is 743. The molecule has 5 fully saturated rings. The van der Waals surface area contributed by atoms with Crippen LogP contribution in [0.1, 0.15) is 75.8 Å². The zero-order chi connectivity index (χ0) is 18.4. The second-order valence-corrected chi connectivity index (χ2v) is 9.78. The number of aromatic nitrogens is 2. The first-order valence-electron chi connectivity index (χ1n) is 11.0. The summed E-state index contributed by atoms with van der Waals surface area (Å²) in [6.07, 6.45) is 13.8. The summed E-state index contributed by atoms with van der Waals surface area (Å²) in [7, 11) is 0. The van der Waals surface area contributed by atoms with Crippen molar-refractivity contribution in [3.05, 3.63) is 28.4 Å². The van der Waals surface area contributed by atoms with Crippen LogP contribution in [0.4, 0.5) is 0 Å². The molecule has 5 heteroatoms. The Morgan fingerprint density at radius 2 is 1.74 bits per heavy atom. The van der Waals surface area contributed by atoms with Crippen LogP contribution in [0.15, 0.2) is 17.2 Å². The summed E-state index contributed by atoms with van der Waals surface area (Å²) in [5.41, 5.74) is 0.854. The number of rotatable bonds is 5. The van der Waals surface area contributed by atoms with Gasteiger partial charge >= 0.3 is 0 Å². The zero-order valence-corrected chi connectivity index (χ0v) is 16.2. The van der Waals surface area contributed by atoms with Crippen molar-refractivity contribution in [3.8, 4) is 0 Å². The highest BCUT2D eigenvalue weighted by molar-refractivity contribution is 5.83. The van der Waals surface area contributed by atoms with Crippen LogP contribution in [0.25, 0.3) is 0 Å². The highest BCUT2D eigenvalue weighted by Crippen LogP contribution is 2.60. The van der Waals surface area contributed by atoms with Gasteiger partial charge in [-0.1, -0.05) is 12.8 Å². The summed E-state index contributed by atoms with van der Waals surface area (Å²) < 4.78 is 1.64. The second-order valence-electron chi connectivity index (χ2n) is 9.78. The first kappa shape index (κ1) is 17.4. The molecule has 1 amide bonds. The Kier molecular flexibility index (Phi) is 4.36. The first-order valence-corrected chi connectivity index (χ1v) is 11.0. The van der Waals surface area contributed by atoms with E-state index in [9.17, 15) is 9.59 Å². The molecule has 146 valence electrons. The van der Waals surface area contributed by atoms with Gasteiger partial charge in [0.2, 0.25) is 5.91 Å². The highest BCUT2D eigenvalue weighted by Gasteiger charge is 2.54. The third-order valence-corrected chi connectivity index (χ3v) is 7.83. The van der Waals surface area contributed by atoms with Crippen molar-refractivity contribution in [1.82, 2.24) is 14.9 Å². The van der Waals surface area contributed by atoms with Crippen molar-refractivity contribution in [2.45, 2.75) is 76.7 Å². The number of hydrogen-bond donors (Lipinski definition) is 1. The van der Waals surface area contributed by atoms with Gasteiger partial charge in [0.1, 0.15) is 0 Å². The minimum Gasteiger partial charge on any atom is -0.354 e. The summed E-state index contributed by atoms with van der Waals surface area (Å²) in [5.74, 6) is 3.03. The molecule has 1 heterocycles. The molecule has 1 aromatic heterocycles. The fourth-order valence-electron chi connectivity index (χ4n) is 6.92. The number of carbonyl (C=O) groups is 1. The summed E-state index contributed by atoms with van der Waals surface area (Å²) in [6, 6.07) is 1.71. The number of nitrogens with one attached hydrogen (secondary N) is 1. The van der Waals surface area contributed by atoms with E-state index in [0.29, 0.717) is 19.0 Å². The fraction of sp³-hybridized carbons (Fsp3) is 0.773. The van der Waals surface area contributed by atoms with E-state index in [1.807, 2.05) is 0 Å². The van der Waals surface area contributed by atoms with E-state index >= 15 is 0 Å². The van der Waals surface area contributed by atoms with Crippen molar-refractivity contribution in [3.63, 3.8) is 0 Å². The van der Waals surface area contributed by atoms with Crippen LogP contribution in [-0.4, -0.2) is 22.0 Å². The molecule has 6 rings (SSSR count). The lowest BCUT2D eigenvalue weighted by Gasteiger charge is -2.55. The normalized spacial score (nSPS) is 34.9. The van der Waals surface area contributed by atoms with E-state index in [1.54, 1.807) is 17.0 Å². The van der Waals surface area contributed by atoms with E-state index in [0.717, 1.165) is 55.6 Å². The van der Waals surface area contributed by atoms with E-state index < -0.39 is 0 Å². The van der Waals surface area contributed by atoms with Gasteiger partial charge in [0, 0.05) is 30.5 Å². The predicted molar refractivity (Wildman–Crippen MR) is 103 cm³/mol. The molecule has 0 aromatic carbocycles. The summed E-state index contributed by atoms with van der Waals surface area (Å²) in [5, 5.41) is 3.16. The molecule has 5 saturated carbocycles. The lowest BCUT2D eigenvalue weighted by atomic mass is 9.49. The largest absolute Gasteiger partial charge is 0.354 e. The zero-order valence-electron chi connectivity index (χ0n) is 16.2. The van der Waals surface area contributed by atoms with Crippen molar-refractivity contribution >= 4 is 5.91 Å². The van der Waals surface area contributed by atoms with Gasteiger partial charge < -0.3 is 5.32 Å². The monoisotopic (exact) mass is 369 g/mol. The van der Waals surface area contributed by atoms with E-state index in [-0.39, 0.29) is 16.9 Å². The lowest BCUT2D eigenvalue weighted by molar-refractivity contribution is -0.146. The van der Waals surface area contributed by atoms with Gasteiger partial charge in [0.05, 0.1) is 12.0 Å². The fourth-order valence-corrected chi connectivity index (χ4v) is 6.92. The standard InChI is InChI=1S/C22H31N3O2/c26-20-10-19(18-3-1-2-4-18)24-14-25(20)6-5-23-21(27)22-11-15-7-16(12-22)9-17(8-15)13-22/h10,14-18H,1-9,11-13H2,(H,23,27). The maximum atomic E-state index is 13.0. The van der Waals surface area contributed by atoms with Gasteiger partial charge in [-0.3, -0.25) is 14.2 Å². The third-order valence-electron chi connectivity index (χ3n) is 7.83. The Morgan fingerprint density at radius 1 is 1.11 bits per heavy atom. The van der Waals surface area contributed by atoms with Crippen LogP contribution in [0.3, 0.4) is 0 Å². The molecule has 0 spiro atoms. The smallest absolute Gasteiger partial charge is 0.253 e. The van der Waals surface area contributed by atoms with Crippen molar-refractivity contribution < 1.29 is 4.79 Å². The molecular weight excluding hydrogens is 338 g/mol.